The molecule has 0 spiro atoms. The molecule has 1 fully saturated rings. The van der Waals surface area contributed by atoms with Crippen molar-refractivity contribution in [1.29, 1.82) is 0 Å². The molecule has 0 amide bonds. The van der Waals surface area contributed by atoms with Gasteiger partial charge in [-0.3, -0.25) is 0 Å². The van der Waals surface area contributed by atoms with Gasteiger partial charge in [0.05, 0.1) is 0 Å². The van der Waals surface area contributed by atoms with Crippen LogP contribution in [0.2, 0.25) is 0 Å². The van der Waals surface area contributed by atoms with Crippen LogP contribution in [0.25, 0.3) is 0 Å². The fraction of sp³-hybridized carbons (Fsp3) is 0.571. The third-order valence-corrected chi connectivity index (χ3v) is 4.05. The zero-order valence-corrected chi connectivity index (χ0v) is 9.37. The predicted octanol–water partition coefficient (Wildman–Crippen LogP) is 3.03. The molecular weight excluding hydrogens is 182 g/mol. The zero-order valence-electron chi connectivity index (χ0n) is 9.37. The first kappa shape index (κ1) is 9.41. The lowest BCUT2D eigenvalue weighted by molar-refractivity contribution is 0.466. The minimum atomic E-state index is 0.754. The van der Waals surface area contributed by atoms with Crippen LogP contribution in [0.15, 0.2) is 24.3 Å². The van der Waals surface area contributed by atoms with Crippen molar-refractivity contribution in [3.05, 3.63) is 35.4 Å². The van der Waals surface area contributed by atoms with E-state index in [1.807, 2.05) is 0 Å². The van der Waals surface area contributed by atoms with E-state index in [-0.39, 0.29) is 0 Å². The minimum Gasteiger partial charge on any atom is -0.313 e. The van der Waals surface area contributed by atoms with Crippen molar-refractivity contribution in [3.63, 3.8) is 0 Å². The second-order valence-electron chi connectivity index (χ2n) is 4.96. The average molecular weight is 201 g/mol. The molecule has 3 atom stereocenters. The van der Waals surface area contributed by atoms with Gasteiger partial charge in [-0.1, -0.05) is 31.2 Å². The standard InChI is InChI=1S/C14H19N/c1-2-7-15-14-9-10-8-13(14)12-6-4-3-5-11(10)12/h3-6,10,13-15H,2,7-9H2,1H3/t10-,13-,14+/m0/s1. The third kappa shape index (κ3) is 1.41. The molecule has 0 unspecified atom stereocenters. The van der Waals surface area contributed by atoms with Crippen LogP contribution in [0.3, 0.4) is 0 Å². The van der Waals surface area contributed by atoms with E-state index in [4.69, 9.17) is 0 Å². The highest BCUT2D eigenvalue weighted by molar-refractivity contribution is 5.42. The second kappa shape index (κ2) is 3.64. The molecule has 2 aliphatic rings. The van der Waals surface area contributed by atoms with Crippen molar-refractivity contribution in [2.45, 2.75) is 44.1 Å². The van der Waals surface area contributed by atoms with Crippen LogP contribution in [-0.2, 0) is 0 Å². The molecule has 1 heteroatoms. The van der Waals surface area contributed by atoms with Crippen molar-refractivity contribution < 1.29 is 0 Å². The van der Waals surface area contributed by atoms with Gasteiger partial charge in [-0.25, -0.2) is 0 Å². The second-order valence-corrected chi connectivity index (χ2v) is 4.96. The third-order valence-electron chi connectivity index (χ3n) is 4.05. The summed E-state index contributed by atoms with van der Waals surface area (Å²) in [7, 11) is 0. The Bertz CT molecular complexity index is 358. The molecule has 0 saturated heterocycles. The normalized spacial score (nSPS) is 31.9. The summed E-state index contributed by atoms with van der Waals surface area (Å²) >= 11 is 0. The molecule has 0 aromatic heterocycles. The van der Waals surface area contributed by atoms with Crippen LogP contribution in [0.4, 0.5) is 0 Å². The Morgan fingerprint density at radius 1 is 1.20 bits per heavy atom. The van der Waals surface area contributed by atoms with E-state index in [0.717, 1.165) is 17.9 Å². The van der Waals surface area contributed by atoms with Gasteiger partial charge in [0.1, 0.15) is 0 Å². The van der Waals surface area contributed by atoms with Gasteiger partial charge < -0.3 is 5.32 Å². The molecule has 1 aromatic rings. The molecule has 1 saturated carbocycles. The number of rotatable bonds is 3. The molecule has 1 aromatic carbocycles. The molecule has 1 nitrogen and oxygen atoms in total. The Morgan fingerprint density at radius 2 is 2.00 bits per heavy atom. The van der Waals surface area contributed by atoms with E-state index in [2.05, 4.69) is 36.5 Å². The molecule has 3 rings (SSSR count). The fourth-order valence-corrected chi connectivity index (χ4v) is 3.41. The molecular formula is C14H19N. The lowest BCUT2D eigenvalue weighted by atomic mass is 9.88. The topological polar surface area (TPSA) is 12.0 Å². The minimum absolute atomic E-state index is 0.754. The number of benzene rings is 1. The predicted molar refractivity (Wildman–Crippen MR) is 63.2 cm³/mol. The summed E-state index contributed by atoms with van der Waals surface area (Å²) in [6.07, 6.45) is 4.00. The van der Waals surface area contributed by atoms with E-state index < -0.39 is 0 Å². The van der Waals surface area contributed by atoms with Crippen molar-refractivity contribution in [1.82, 2.24) is 5.32 Å². The van der Waals surface area contributed by atoms with E-state index in [0.29, 0.717) is 0 Å². The summed E-state index contributed by atoms with van der Waals surface area (Å²) in [5.74, 6) is 1.65. The van der Waals surface area contributed by atoms with Crippen LogP contribution in [0.5, 0.6) is 0 Å². The maximum atomic E-state index is 3.70. The van der Waals surface area contributed by atoms with Crippen LogP contribution in [0, 0.1) is 0 Å². The smallest absolute Gasteiger partial charge is 0.0142 e. The summed E-state index contributed by atoms with van der Waals surface area (Å²) < 4.78 is 0. The first-order chi connectivity index (χ1) is 7.40. The highest BCUT2D eigenvalue weighted by atomic mass is 14.9. The number of hydrogen-bond donors (Lipinski definition) is 1. The summed E-state index contributed by atoms with van der Waals surface area (Å²) in [4.78, 5) is 0. The maximum absolute atomic E-state index is 3.70. The largest absolute Gasteiger partial charge is 0.313 e. The van der Waals surface area contributed by atoms with Crippen molar-refractivity contribution in [2.75, 3.05) is 6.54 Å². The molecule has 80 valence electrons. The first-order valence-electron chi connectivity index (χ1n) is 6.22. The molecule has 0 heterocycles. The number of nitrogens with one attached hydrogen (secondary N) is 1. The Morgan fingerprint density at radius 3 is 2.80 bits per heavy atom. The van der Waals surface area contributed by atoms with Gasteiger partial charge in [0.2, 0.25) is 0 Å². The fourth-order valence-electron chi connectivity index (χ4n) is 3.41. The molecule has 0 aliphatic heterocycles. The van der Waals surface area contributed by atoms with Crippen LogP contribution in [0.1, 0.15) is 49.1 Å². The van der Waals surface area contributed by atoms with Gasteiger partial charge in [0.25, 0.3) is 0 Å². The van der Waals surface area contributed by atoms with Gasteiger partial charge in [-0.2, -0.15) is 0 Å². The Balaban J connectivity index is 1.82. The lowest BCUT2D eigenvalue weighted by Gasteiger charge is -2.25. The maximum Gasteiger partial charge on any atom is 0.0142 e. The van der Waals surface area contributed by atoms with Crippen molar-refractivity contribution in [2.24, 2.45) is 0 Å². The first-order valence-corrected chi connectivity index (χ1v) is 6.22. The highest BCUT2D eigenvalue weighted by Gasteiger charge is 2.42. The van der Waals surface area contributed by atoms with Gasteiger partial charge in [-0.05, 0) is 42.9 Å². The molecule has 2 bridgehead atoms. The highest BCUT2D eigenvalue weighted by Crippen LogP contribution is 2.52. The van der Waals surface area contributed by atoms with E-state index in [1.54, 1.807) is 11.1 Å². The van der Waals surface area contributed by atoms with E-state index in [9.17, 15) is 0 Å². The lowest BCUT2D eigenvalue weighted by Crippen LogP contribution is -2.33. The van der Waals surface area contributed by atoms with Gasteiger partial charge >= 0.3 is 0 Å². The Labute approximate surface area is 91.9 Å². The zero-order chi connectivity index (χ0) is 10.3. The summed E-state index contributed by atoms with van der Waals surface area (Å²) in [5.41, 5.74) is 3.26. The molecule has 2 aliphatic carbocycles. The monoisotopic (exact) mass is 201 g/mol. The van der Waals surface area contributed by atoms with Crippen molar-refractivity contribution in [3.8, 4) is 0 Å². The van der Waals surface area contributed by atoms with Gasteiger partial charge in [0, 0.05) is 12.0 Å². The van der Waals surface area contributed by atoms with E-state index >= 15 is 0 Å². The molecule has 1 N–H and O–H groups in total. The van der Waals surface area contributed by atoms with Crippen LogP contribution < -0.4 is 5.32 Å². The van der Waals surface area contributed by atoms with Crippen LogP contribution >= 0.6 is 0 Å². The Hall–Kier alpha value is -0.820. The average Bonchev–Trinajstić information content (AvgIpc) is 2.85. The van der Waals surface area contributed by atoms with Crippen LogP contribution in [-0.4, -0.2) is 12.6 Å². The van der Waals surface area contributed by atoms with Gasteiger partial charge in [-0.15, -0.1) is 0 Å². The van der Waals surface area contributed by atoms with Crippen molar-refractivity contribution >= 4 is 0 Å². The number of hydrogen-bond acceptors (Lipinski definition) is 1. The summed E-state index contributed by atoms with van der Waals surface area (Å²) in [6, 6.07) is 9.80. The molecule has 15 heavy (non-hydrogen) atoms. The Kier molecular flexibility index (Phi) is 2.28. The summed E-state index contributed by atoms with van der Waals surface area (Å²) in [6.45, 7) is 3.42. The quantitative estimate of drug-likeness (QED) is 0.792. The number of fused-ring (bicyclic) bond motifs is 5. The SMILES string of the molecule is CCCN[C@@H]1C[C@@H]2C[C@H]1c1ccccc12. The summed E-state index contributed by atoms with van der Waals surface area (Å²) in [5, 5.41) is 3.70. The van der Waals surface area contributed by atoms with Gasteiger partial charge in [0.15, 0.2) is 0 Å². The van der Waals surface area contributed by atoms with E-state index in [1.165, 1.54) is 25.8 Å². The molecule has 0 radical (unpaired) electrons.